The fraction of sp³-hybridized carbons (Fsp3) is 0.143. The molecule has 0 atom stereocenters. The summed E-state index contributed by atoms with van der Waals surface area (Å²) in [6.07, 6.45) is 0. The molecule has 0 saturated heterocycles. The Morgan fingerprint density at radius 2 is 2.22 bits per heavy atom. The van der Waals surface area contributed by atoms with Crippen molar-refractivity contribution in [3.63, 3.8) is 0 Å². The molecule has 1 nitrogen and oxygen atoms in total. The quantitative estimate of drug-likeness (QED) is 0.780. The summed E-state index contributed by atoms with van der Waals surface area (Å²) < 4.78 is 0.951. The fourth-order valence-electron chi connectivity index (χ4n) is 0.640. The third-order valence-corrected chi connectivity index (χ3v) is 1.95. The van der Waals surface area contributed by atoms with Crippen LogP contribution >= 0.6 is 0 Å². The molecule has 1 aromatic rings. The molecule has 0 saturated carbocycles. The molecule has 2 heteroatoms. The average Bonchev–Trinajstić information content (AvgIpc) is 1.88. The molecule has 0 bridgehead atoms. The van der Waals surface area contributed by atoms with E-state index in [0.717, 1.165) is 6.45 Å². The first-order chi connectivity index (χ1) is 4.33. The van der Waals surface area contributed by atoms with Crippen molar-refractivity contribution in [1.29, 1.82) is 0 Å². The number of phenolic OH excluding ortho intramolecular Hbond substituents is 1. The van der Waals surface area contributed by atoms with E-state index in [1.165, 1.54) is 0 Å². The van der Waals surface area contributed by atoms with Gasteiger partial charge in [-0.3, -0.25) is 0 Å². The van der Waals surface area contributed by atoms with Crippen molar-refractivity contribution in [2.45, 2.75) is 0.889 Å². The molecule has 9 heavy (non-hydrogen) atoms. The van der Waals surface area contributed by atoms with Gasteiger partial charge in [-0.25, -0.2) is 0 Å². The minimum absolute atomic E-state index is 0.351. The minimum atomic E-state index is 0.351. The zero-order valence-electron chi connectivity index (χ0n) is 4.84. The molecule has 0 aliphatic carbocycles. The first-order valence-electron chi connectivity index (χ1n) is 2.67. The van der Waals surface area contributed by atoms with Crippen molar-refractivity contribution >= 4 is 0 Å². The van der Waals surface area contributed by atoms with Crippen LogP contribution in [0.2, 0.25) is 0 Å². The Labute approximate surface area is 86.8 Å². The first kappa shape index (κ1) is 7.70. The van der Waals surface area contributed by atoms with Crippen LogP contribution in [0.5, 0.6) is 5.75 Å². The third-order valence-electron chi connectivity index (χ3n) is 1.06. The van der Waals surface area contributed by atoms with Crippen molar-refractivity contribution in [1.82, 2.24) is 0 Å². The van der Waals surface area contributed by atoms with Gasteiger partial charge in [-0.15, -0.1) is 0 Å². The van der Waals surface area contributed by atoms with Gasteiger partial charge < -0.3 is 0 Å². The van der Waals surface area contributed by atoms with Gasteiger partial charge in [0.2, 0.25) is 0 Å². The van der Waals surface area contributed by atoms with E-state index >= 15 is 0 Å². The first-order valence-corrected chi connectivity index (χ1v) is 4.19. The summed E-state index contributed by atoms with van der Waals surface area (Å²) in [5.74, 6) is 0.351. The average molecular weight is 239 g/mol. The van der Waals surface area contributed by atoms with E-state index in [9.17, 15) is 0 Å². The molecule has 0 aliphatic rings. The number of hydrogen-bond donors (Lipinski definition) is 1. The molecule has 0 radical (unpaired) electrons. The van der Waals surface area contributed by atoms with E-state index in [2.05, 4.69) is 46.5 Å². The van der Waals surface area contributed by atoms with Gasteiger partial charge in [-0.05, 0) is 0 Å². The molecule has 1 aromatic carbocycles. The predicted molar refractivity (Wildman–Crippen MR) is 33.2 cm³/mol. The maximum absolute atomic E-state index is 8.94. The van der Waals surface area contributed by atoms with Crippen LogP contribution in [-0.4, -0.2) is 5.11 Å². The van der Waals surface area contributed by atoms with Crippen LogP contribution in [0, 0.1) is 46.5 Å². The zero-order chi connectivity index (χ0) is 6.69. The number of phenols is 1. The van der Waals surface area contributed by atoms with E-state index in [1.807, 2.05) is 12.1 Å². The molecule has 1 N–H and O–H groups in total. The van der Waals surface area contributed by atoms with Crippen molar-refractivity contribution < 1.29 is 51.6 Å². The summed E-state index contributed by atoms with van der Waals surface area (Å²) in [5, 5.41) is 8.94. The molecule has 0 spiro atoms. The van der Waals surface area contributed by atoms with Crippen LogP contribution in [0.4, 0.5) is 0 Å². The van der Waals surface area contributed by atoms with Crippen molar-refractivity contribution in [3.05, 3.63) is 29.8 Å². The number of aromatic hydroxyl groups is 1. The van der Waals surface area contributed by atoms with Gasteiger partial charge in [-0.2, -0.15) is 0 Å². The van der Waals surface area contributed by atoms with Gasteiger partial charge in [0.15, 0.2) is 0 Å². The van der Waals surface area contributed by atoms with Crippen LogP contribution in [0.15, 0.2) is 24.3 Å². The van der Waals surface area contributed by atoms with E-state index in [1.54, 1.807) is 12.1 Å². The Morgan fingerprint density at radius 3 is 2.67 bits per heavy atom. The van der Waals surface area contributed by atoms with Crippen molar-refractivity contribution in [2.24, 2.45) is 0 Å². The molecule has 0 unspecified atom stereocenters. The Bertz CT molecular complexity index is 198. The second-order valence-electron chi connectivity index (χ2n) is 1.80. The van der Waals surface area contributed by atoms with E-state index in [4.69, 9.17) is 5.11 Å². The Kier molecular flexibility index (Phi) is 3.15. The number of rotatable bonds is 1. The van der Waals surface area contributed by atoms with E-state index < -0.39 is 0 Å². The SMILES string of the molecule is Oc1cccc(C[XeH])c1. The summed E-state index contributed by atoms with van der Waals surface area (Å²) in [4.78, 5) is 0. The molecule has 0 fully saturated rings. The normalized spacial score (nSPS) is 9.56. The van der Waals surface area contributed by atoms with Crippen LogP contribution in [0.25, 0.3) is 0 Å². The van der Waals surface area contributed by atoms with Gasteiger partial charge in [0.05, 0.1) is 0 Å². The second-order valence-corrected chi connectivity index (χ2v) is 2.57. The predicted octanol–water partition coefficient (Wildman–Crippen LogP) is 1.17. The molecule has 0 aliphatic heterocycles. The summed E-state index contributed by atoms with van der Waals surface area (Å²) >= 11 is 2.26. The summed E-state index contributed by atoms with van der Waals surface area (Å²) in [7, 11) is 0. The Morgan fingerprint density at radius 1 is 1.44 bits per heavy atom. The Hall–Kier alpha value is 0.591. The molecule has 50 valence electrons. The zero-order valence-corrected chi connectivity index (χ0v) is 7.00. The van der Waals surface area contributed by atoms with Crippen LogP contribution in [-0.2, 0) is 0.889 Å². The standard InChI is InChI=1S/C7H8OXe/c8-7-3-1-2-6(4-7)5-9/h1-4,8-9H,5H2. The maximum atomic E-state index is 8.94. The van der Waals surface area contributed by atoms with E-state index in [0.29, 0.717) is 5.75 Å². The van der Waals surface area contributed by atoms with Crippen LogP contribution in [0.1, 0.15) is 5.56 Å². The summed E-state index contributed by atoms with van der Waals surface area (Å²) in [6.45, 7) is 0. The molecular formula is C7H8OXe. The van der Waals surface area contributed by atoms with Crippen LogP contribution in [0.3, 0.4) is 0 Å². The van der Waals surface area contributed by atoms with E-state index in [-0.39, 0.29) is 0 Å². The molecular weight excluding hydrogens is 231 g/mol. The number of hydrogen-bond acceptors (Lipinski definition) is 1. The molecule has 0 amide bonds. The molecule has 0 heterocycles. The fourth-order valence-corrected chi connectivity index (χ4v) is 1.11. The molecule has 0 aromatic heterocycles. The van der Waals surface area contributed by atoms with Gasteiger partial charge in [0.1, 0.15) is 0 Å². The monoisotopic (exact) mass is 240 g/mol. The Balaban J connectivity index is 2.94. The second kappa shape index (κ2) is 3.69. The third kappa shape index (κ3) is 2.35. The molecule has 1 rings (SSSR count). The number of benzene rings is 1. The van der Waals surface area contributed by atoms with Crippen molar-refractivity contribution in [3.8, 4) is 5.75 Å². The summed E-state index contributed by atoms with van der Waals surface area (Å²) in [5.41, 5.74) is 1.16. The topological polar surface area (TPSA) is 20.2 Å². The van der Waals surface area contributed by atoms with Gasteiger partial charge in [0.25, 0.3) is 0 Å². The van der Waals surface area contributed by atoms with Gasteiger partial charge in [-0.1, -0.05) is 0 Å². The van der Waals surface area contributed by atoms with Gasteiger partial charge in [0, 0.05) is 0 Å². The van der Waals surface area contributed by atoms with Crippen LogP contribution < -0.4 is 0 Å². The van der Waals surface area contributed by atoms with Gasteiger partial charge >= 0.3 is 88.1 Å². The summed E-state index contributed by atoms with van der Waals surface area (Å²) in [6, 6.07) is 7.29. The van der Waals surface area contributed by atoms with Crippen molar-refractivity contribution in [2.75, 3.05) is 0 Å².